The van der Waals surface area contributed by atoms with Crippen molar-refractivity contribution in [2.24, 2.45) is 0 Å². The summed E-state index contributed by atoms with van der Waals surface area (Å²) in [6.07, 6.45) is 5.88. The van der Waals surface area contributed by atoms with Crippen LogP contribution < -0.4 is 5.32 Å². The molecule has 0 spiro atoms. The third-order valence-electron chi connectivity index (χ3n) is 4.41. The van der Waals surface area contributed by atoms with E-state index in [1.54, 1.807) is 0 Å². The van der Waals surface area contributed by atoms with Crippen LogP contribution >= 0.6 is 0 Å². The van der Waals surface area contributed by atoms with Gasteiger partial charge in [-0.1, -0.05) is 38.8 Å². The fourth-order valence-corrected chi connectivity index (χ4v) is 3.10. The summed E-state index contributed by atoms with van der Waals surface area (Å²) in [5.74, 6) is 0.0586. The quantitative estimate of drug-likeness (QED) is 0.837. The Labute approximate surface area is 144 Å². The van der Waals surface area contributed by atoms with Crippen LogP contribution in [0.1, 0.15) is 66.8 Å². The minimum atomic E-state index is 0.0586. The highest BCUT2D eigenvalue weighted by Crippen LogP contribution is 2.25. The molecule has 4 nitrogen and oxygen atoms in total. The van der Waals surface area contributed by atoms with Gasteiger partial charge in [0.15, 0.2) is 0 Å². The number of carbonyl (C=O) groups excluding carboxylic acids is 1. The van der Waals surface area contributed by atoms with Gasteiger partial charge in [-0.25, -0.2) is 4.68 Å². The molecule has 24 heavy (non-hydrogen) atoms. The lowest BCUT2D eigenvalue weighted by Crippen LogP contribution is -2.27. The molecule has 0 atom stereocenters. The maximum atomic E-state index is 12.8. The van der Waals surface area contributed by atoms with Gasteiger partial charge < -0.3 is 5.32 Å². The molecule has 0 radical (unpaired) electrons. The second kappa shape index (κ2) is 7.20. The summed E-state index contributed by atoms with van der Waals surface area (Å²) < 4.78 is 1.99. The summed E-state index contributed by atoms with van der Waals surface area (Å²) in [4.78, 5) is 12.8. The van der Waals surface area contributed by atoms with E-state index in [0.29, 0.717) is 6.04 Å². The minimum Gasteiger partial charge on any atom is -0.349 e. The average Bonchev–Trinajstić information content (AvgIpc) is 3.29. The number of hydrogen-bond donors (Lipinski definition) is 1. The molecule has 1 amide bonds. The maximum Gasteiger partial charge on any atom is 0.255 e. The number of rotatable bonds is 7. The lowest BCUT2D eigenvalue weighted by Gasteiger charge is -2.10. The number of aryl methyl sites for hydroxylation is 2. The molecule has 1 aliphatic rings. The molecule has 2 aromatic rings. The molecule has 1 aromatic heterocycles. The zero-order valence-electron chi connectivity index (χ0n) is 14.9. The first-order valence-corrected chi connectivity index (χ1v) is 9.12. The summed E-state index contributed by atoms with van der Waals surface area (Å²) in [5.41, 5.74) is 5.03. The van der Waals surface area contributed by atoms with Crippen LogP contribution in [0, 0.1) is 6.92 Å². The predicted molar refractivity (Wildman–Crippen MR) is 96.8 cm³/mol. The van der Waals surface area contributed by atoms with Crippen molar-refractivity contribution >= 4 is 5.91 Å². The van der Waals surface area contributed by atoms with E-state index in [-0.39, 0.29) is 5.91 Å². The van der Waals surface area contributed by atoms with Gasteiger partial charge in [-0.15, -0.1) is 0 Å². The van der Waals surface area contributed by atoms with Crippen LogP contribution in [0.2, 0.25) is 0 Å². The second-order valence-corrected chi connectivity index (χ2v) is 6.77. The van der Waals surface area contributed by atoms with E-state index < -0.39 is 0 Å². The number of nitrogens with one attached hydrogen (secondary N) is 1. The Hall–Kier alpha value is -2.10. The second-order valence-electron chi connectivity index (χ2n) is 6.77. The Morgan fingerprint density at radius 2 is 2.00 bits per heavy atom. The van der Waals surface area contributed by atoms with Gasteiger partial charge in [-0.3, -0.25) is 4.79 Å². The van der Waals surface area contributed by atoms with Gasteiger partial charge >= 0.3 is 0 Å². The van der Waals surface area contributed by atoms with Gasteiger partial charge in [0, 0.05) is 6.04 Å². The summed E-state index contributed by atoms with van der Waals surface area (Å²) in [7, 11) is 0. The highest BCUT2D eigenvalue weighted by molar-refractivity contribution is 5.97. The number of benzene rings is 1. The van der Waals surface area contributed by atoms with Crippen LogP contribution in [-0.4, -0.2) is 21.7 Å². The van der Waals surface area contributed by atoms with Crippen molar-refractivity contribution in [1.29, 1.82) is 0 Å². The fraction of sp³-hybridized carbons (Fsp3) is 0.500. The Morgan fingerprint density at radius 1 is 1.25 bits per heavy atom. The van der Waals surface area contributed by atoms with Crippen LogP contribution in [0.3, 0.4) is 0 Å². The lowest BCUT2D eigenvalue weighted by atomic mass is 10.1. The third kappa shape index (κ3) is 3.53. The van der Waals surface area contributed by atoms with Crippen LogP contribution in [0.15, 0.2) is 24.3 Å². The van der Waals surface area contributed by atoms with Gasteiger partial charge in [0.2, 0.25) is 0 Å². The molecule has 1 heterocycles. The van der Waals surface area contributed by atoms with Crippen molar-refractivity contribution in [1.82, 2.24) is 15.1 Å². The Balaban J connectivity index is 2.08. The molecule has 4 heteroatoms. The first-order chi connectivity index (χ1) is 11.6. The molecule has 1 aromatic carbocycles. The number of amides is 1. The molecule has 0 unspecified atom stereocenters. The van der Waals surface area contributed by atoms with E-state index in [1.807, 2.05) is 10.7 Å². The van der Waals surface area contributed by atoms with Gasteiger partial charge in [0.05, 0.1) is 22.6 Å². The van der Waals surface area contributed by atoms with Crippen molar-refractivity contribution in [3.05, 3.63) is 46.8 Å². The number of hydrogen-bond acceptors (Lipinski definition) is 2. The van der Waals surface area contributed by atoms with E-state index in [9.17, 15) is 4.79 Å². The van der Waals surface area contributed by atoms with E-state index in [0.717, 1.165) is 61.2 Å². The van der Waals surface area contributed by atoms with E-state index in [2.05, 4.69) is 44.3 Å². The highest BCUT2D eigenvalue weighted by atomic mass is 16.1. The van der Waals surface area contributed by atoms with Crippen molar-refractivity contribution in [2.45, 2.75) is 65.3 Å². The van der Waals surface area contributed by atoms with Gasteiger partial charge in [-0.05, 0) is 50.3 Å². The molecule has 1 saturated carbocycles. The summed E-state index contributed by atoms with van der Waals surface area (Å²) in [6.45, 7) is 6.36. The first kappa shape index (κ1) is 16.7. The number of aromatic nitrogens is 2. The van der Waals surface area contributed by atoms with Gasteiger partial charge in [-0.2, -0.15) is 5.10 Å². The lowest BCUT2D eigenvalue weighted by molar-refractivity contribution is 0.0949. The first-order valence-electron chi connectivity index (χ1n) is 9.12. The fourth-order valence-electron chi connectivity index (χ4n) is 3.10. The van der Waals surface area contributed by atoms with Crippen molar-refractivity contribution in [3.63, 3.8) is 0 Å². The molecule has 1 fully saturated rings. The highest BCUT2D eigenvalue weighted by Gasteiger charge is 2.29. The zero-order valence-corrected chi connectivity index (χ0v) is 14.9. The monoisotopic (exact) mass is 325 g/mol. The molecule has 3 rings (SSSR count). The number of carbonyl (C=O) groups is 1. The van der Waals surface area contributed by atoms with Crippen LogP contribution in [0.25, 0.3) is 5.69 Å². The predicted octanol–water partition coefficient (Wildman–Crippen LogP) is 3.98. The number of nitrogens with zero attached hydrogens (tertiary/aromatic N) is 2. The summed E-state index contributed by atoms with van der Waals surface area (Å²) in [6, 6.07) is 8.69. The molecule has 1 N–H and O–H groups in total. The van der Waals surface area contributed by atoms with E-state index in [1.165, 1.54) is 5.56 Å². The Bertz CT molecular complexity index is 728. The van der Waals surface area contributed by atoms with Crippen molar-refractivity contribution < 1.29 is 4.79 Å². The summed E-state index contributed by atoms with van der Waals surface area (Å²) in [5, 5.41) is 7.99. The molecular formula is C20H27N3O. The van der Waals surface area contributed by atoms with Crippen LogP contribution in [0.5, 0.6) is 0 Å². The van der Waals surface area contributed by atoms with Crippen molar-refractivity contribution in [3.8, 4) is 5.69 Å². The largest absolute Gasteiger partial charge is 0.349 e. The SMILES string of the molecule is CCCc1nn(-c2cccc(C)c2)c(CCC)c1C(=O)NC1CC1. The van der Waals surface area contributed by atoms with Crippen LogP contribution in [0.4, 0.5) is 0 Å². The molecule has 1 aliphatic carbocycles. The standard InChI is InChI=1S/C20H27N3O/c1-4-7-17-19(20(24)21-15-11-12-15)18(8-5-2)23(22-17)16-10-6-9-14(3)13-16/h6,9-10,13,15H,4-5,7-8,11-12H2,1-3H3,(H,21,24). The molecule has 0 saturated heterocycles. The molecule has 0 aliphatic heterocycles. The Kier molecular flexibility index (Phi) is 5.03. The zero-order chi connectivity index (χ0) is 17.1. The molecule has 0 bridgehead atoms. The average molecular weight is 325 g/mol. The minimum absolute atomic E-state index is 0.0586. The van der Waals surface area contributed by atoms with Crippen molar-refractivity contribution in [2.75, 3.05) is 0 Å². The smallest absolute Gasteiger partial charge is 0.255 e. The normalized spacial score (nSPS) is 14.0. The molecular weight excluding hydrogens is 298 g/mol. The summed E-state index contributed by atoms with van der Waals surface area (Å²) >= 11 is 0. The topological polar surface area (TPSA) is 46.9 Å². The third-order valence-corrected chi connectivity index (χ3v) is 4.41. The van der Waals surface area contributed by atoms with Gasteiger partial charge in [0.1, 0.15) is 0 Å². The molecule has 128 valence electrons. The Morgan fingerprint density at radius 3 is 2.62 bits per heavy atom. The maximum absolute atomic E-state index is 12.8. The van der Waals surface area contributed by atoms with Gasteiger partial charge in [0.25, 0.3) is 5.91 Å². The van der Waals surface area contributed by atoms with E-state index in [4.69, 9.17) is 5.10 Å². The van der Waals surface area contributed by atoms with E-state index >= 15 is 0 Å². The van der Waals surface area contributed by atoms with Crippen LogP contribution in [-0.2, 0) is 12.8 Å².